The molecule has 5 nitrogen and oxygen atoms in total. The molecule has 0 fully saturated rings. The van der Waals surface area contributed by atoms with Gasteiger partial charge in [0.15, 0.2) is 0 Å². The molecule has 1 aliphatic rings. The summed E-state index contributed by atoms with van der Waals surface area (Å²) in [5, 5.41) is 2.90. The van der Waals surface area contributed by atoms with E-state index in [0.29, 0.717) is 13.0 Å². The first kappa shape index (κ1) is 22.5. The van der Waals surface area contributed by atoms with Crippen LogP contribution in [0, 0.1) is 0 Å². The van der Waals surface area contributed by atoms with Crippen LogP contribution in [0.3, 0.4) is 0 Å². The summed E-state index contributed by atoms with van der Waals surface area (Å²) in [5.74, 6) is 0.0477. The van der Waals surface area contributed by atoms with Gasteiger partial charge in [-0.3, -0.25) is 14.6 Å². The minimum atomic E-state index is -0.116. The van der Waals surface area contributed by atoms with Gasteiger partial charge in [-0.1, -0.05) is 61.0 Å². The fraction of sp³-hybridized carbons (Fsp3) is 0.250. The van der Waals surface area contributed by atoms with Crippen LogP contribution >= 0.6 is 0 Å². The molecule has 1 N–H and O–H groups in total. The van der Waals surface area contributed by atoms with Gasteiger partial charge in [-0.2, -0.15) is 0 Å². The number of hydrogen-bond acceptors (Lipinski definition) is 3. The number of aromatic nitrogens is 1. The molecule has 1 aromatic heterocycles. The van der Waals surface area contributed by atoms with Crippen LogP contribution in [0.2, 0.25) is 0 Å². The lowest BCUT2D eigenvalue weighted by Crippen LogP contribution is -2.32. The van der Waals surface area contributed by atoms with Crippen molar-refractivity contribution in [2.24, 2.45) is 0 Å². The van der Waals surface area contributed by atoms with Gasteiger partial charge in [-0.05, 0) is 54.2 Å². The molecule has 2 aromatic carbocycles. The van der Waals surface area contributed by atoms with Gasteiger partial charge in [0.2, 0.25) is 11.8 Å². The number of pyridine rings is 1. The van der Waals surface area contributed by atoms with Crippen LogP contribution in [-0.2, 0) is 16.0 Å². The van der Waals surface area contributed by atoms with Crippen LogP contribution in [0.15, 0.2) is 85.2 Å². The van der Waals surface area contributed by atoms with Crippen molar-refractivity contribution in [3.63, 3.8) is 0 Å². The minimum absolute atomic E-state index is 0.0574. The van der Waals surface area contributed by atoms with Crippen LogP contribution < -0.4 is 10.2 Å². The van der Waals surface area contributed by atoms with E-state index in [0.717, 1.165) is 36.9 Å². The summed E-state index contributed by atoms with van der Waals surface area (Å²) >= 11 is 0. The Morgan fingerprint density at radius 2 is 1.79 bits per heavy atom. The first-order valence-electron chi connectivity index (χ1n) is 11.5. The van der Waals surface area contributed by atoms with E-state index in [1.165, 1.54) is 17.2 Å². The summed E-state index contributed by atoms with van der Waals surface area (Å²) in [5.41, 5.74) is 4.32. The Morgan fingerprint density at radius 1 is 0.970 bits per heavy atom. The zero-order valence-corrected chi connectivity index (χ0v) is 18.7. The lowest BCUT2D eigenvalue weighted by atomic mass is 10.0. The number of benzene rings is 2. The summed E-state index contributed by atoms with van der Waals surface area (Å²) < 4.78 is 0. The molecule has 1 unspecified atom stereocenters. The third kappa shape index (κ3) is 5.95. The van der Waals surface area contributed by atoms with Crippen LogP contribution in [0.4, 0.5) is 5.69 Å². The van der Waals surface area contributed by atoms with E-state index >= 15 is 0 Å². The van der Waals surface area contributed by atoms with Gasteiger partial charge in [0.05, 0.1) is 6.04 Å². The number of fused-ring (bicyclic) bond motifs is 1. The van der Waals surface area contributed by atoms with E-state index in [1.54, 1.807) is 18.5 Å². The van der Waals surface area contributed by atoms with Crippen LogP contribution in [0.25, 0.3) is 6.08 Å². The smallest absolute Gasteiger partial charge is 0.243 e. The molecule has 0 spiro atoms. The number of nitrogens with one attached hydrogen (secondary N) is 1. The first-order chi connectivity index (χ1) is 16.2. The Kier molecular flexibility index (Phi) is 7.64. The van der Waals surface area contributed by atoms with Crippen molar-refractivity contribution in [1.29, 1.82) is 0 Å². The molecule has 3 aromatic rings. The number of nitrogens with zero attached hydrogens (tertiary/aromatic N) is 2. The van der Waals surface area contributed by atoms with Crippen molar-refractivity contribution in [3.8, 4) is 0 Å². The van der Waals surface area contributed by atoms with E-state index in [9.17, 15) is 9.59 Å². The molecule has 0 saturated carbocycles. The normalized spacial score (nSPS) is 14.9. The Morgan fingerprint density at radius 3 is 2.61 bits per heavy atom. The van der Waals surface area contributed by atoms with Crippen LogP contribution in [0.1, 0.15) is 48.4 Å². The third-order valence-corrected chi connectivity index (χ3v) is 5.91. The van der Waals surface area contributed by atoms with Gasteiger partial charge in [0.1, 0.15) is 0 Å². The molecular formula is C28H29N3O2. The highest BCUT2D eigenvalue weighted by Gasteiger charge is 2.33. The van der Waals surface area contributed by atoms with E-state index in [4.69, 9.17) is 0 Å². The molecule has 2 amide bonds. The molecule has 5 heteroatoms. The number of hydrogen-bond donors (Lipinski definition) is 1. The van der Waals surface area contributed by atoms with Gasteiger partial charge in [-0.25, -0.2) is 0 Å². The SMILES string of the molecule is O=C(/C=C/c1cccnc1)NCCCCCC(=O)N1c2ccccc2CC1c1ccccc1. The molecule has 2 heterocycles. The highest BCUT2D eigenvalue weighted by Crippen LogP contribution is 2.40. The summed E-state index contributed by atoms with van der Waals surface area (Å²) in [6.45, 7) is 0.601. The summed E-state index contributed by atoms with van der Waals surface area (Å²) in [6, 6.07) is 22.2. The molecule has 4 rings (SSSR count). The van der Waals surface area contributed by atoms with E-state index in [2.05, 4.69) is 28.5 Å². The number of carbonyl (C=O) groups is 2. The highest BCUT2D eigenvalue weighted by molar-refractivity contribution is 5.96. The molecule has 0 aliphatic carbocycles. The molecule has 0 saturated heterocycles. The number of amides is 2. The van der Waals surface area contributed by atoms with Gasteiger partial charge in [-0.15, -0.1) is 0 Å². The Balaban J connectivity index is 1.23. The fourth-order valence-electron chi connectivity index (χ4n) is 4.25. The number of anilines is 1. The zero-order valence-electron chi connectivity index (χ0n) is 18.7. The Labute approximate surface area is 195 Å². The van der Waals surface area contributed by atoms with Crippen molar-refractivity contribution in [3.05, 3.63) is 102 Å². The van der Waals surface area contributed by atoms with Crippen LogP contribution in [0.5, 0.6) is 0 Å². The number of para-hydroxylation sites is 1. The molecule has 1 aliphatic heterocycles. The maximum Gasteiger partial charge on any atom is 0.243 e. The number of unbranched alkanes of at least 4 members (excludes halogenated alkanes) is 2. The van der Waals surface area contributed by atoms with E-state index < -0.39 is 0 Å². The fourth-order valence-corrected chi connectivity index (χ4v) is 4.25. The van der Waals surface area contributed by atoms with Crippen molar-refractivity contribution in [2.75, 3.05) is 11.4 Å². The lowest BCUT2D eigenvalue weighted by molar-refractivity contribution is -0.119. The quantitative estimate of drug-likeness (QED) is 0.373. The minimum Gasteiger partial charge on any atom is -0.353 e. The molecule has 33 heavy (non-hydrogen) atoms. The summed E-state index contributed by atoms with van der Waals surface area (Å²) in [4.78, 5) is 31.1. The Hall–Kier alpha value is -3.73. The average molecular weight is 440 g/mol. The number of rotatable bonds is 9. The van der Waals surface area contributed by atoms with Gasteiger partial charge < -0.3 is 10.2 Å². The number of carbonyl (C=O) groups excluding carboxylic acids is 2. The molecule has 0 bridgehead atoms. The second-order valence-corrected chi connectivity index (χ2v) is 8.24. The van der Waals surface area contributed by atoms with Crippen molar-refractivity contribution < 1.29 is 9.59 Å². The van der Waals surface area contributed by atoms with Crippen molar-refractivity contribution >= 4 is 23.6 Å². The first-order valence-corrected chi connectivity index (χ1v) is 11.5. The van der Waals surface area contributed by atoms with Crippen molar-refractivity contribution in [2.45, 2.75) is 38.1 Å². The Bertz CT molecular complexity index is 1100. The topological polar surface area (TPSA) is 62.3 Å². The second-order valence-electron chi connectivity index (χ2n) is 8.24. The third-order valence-electron chi connectivity index (χ3n) is 5.91. The lowest BCUT2D eigenvalue weighted by Gasteiger charge is -2.26. The van der Waals surface area contributed by atoms with E-state index in [1.807, 2.05) is 53.4 Å². The maximum atomic E-state index is 13.2. The summed E-state index contributed by atoms with van der Waals surface area (Å²) in [7, 11) is 0. The second kappa shape index (κ2) is 11.2. The van der Waals surface area contributed by atoms with Gasteiger partial charge in [0, 0.05) is 37.1 Å². The molecule has 0 radical (unpaired) electrons. The molecular weight excluding hydrogens is 410 g/mol. The molecule has 168 valence electrons. The monoisotopic (exact) mass is 439 g/mol. The standard InChI is InChI=1S/C28H29N3O2/c32-27(17-16-22-10-9-18-29-21-22)30-19-8-2-5-15-28(33)31-25-14-7-6-13-24(25)20-26(31)23-11-3-1-4-12-23/h1,3-4,6-7,9-14,16-18,21,26H,2,5,8,15,19-20H2,(H,30,32)/b17-16+. The maximum absolute atomic E-state index is 13.2. The zero-order chi connectivity index (χ0) is 22.9. The molecule has 1 atom stereocenters. The van der Waals surface area contributed by atoms with Crippen LogP contribution in [-0.4, -0.2) is 23.3 Å². The predicted octanol–water partition coefficient (Wildman–Crippen LogP) is 5.10. The largest absolute Gasteiger partial charge is 0.353 e. The predicted molar refractivity (Wildman–Crippen MR) is 132 cm³/mol. The highest BCUT2D eigenvalue weighted by atomic mass is 16.2. The summed E-state index contributed by atoms with van der Waals surface area (Å²) in [6.07, 6.45) is 10.6. The van der Waals surface area contributed by atoms with Gasteiger partial charge in [0.25, 0.3) is 0 Å². The van der Waals surface area contributed by atoms with Crippen molar-refractivity contribution in [1.82, 2.24) is 10.3 Å². The average Bonchev–Trinajstić information content (AvgIpc) is 3.26. The van der Waals surface area contributed by atoms with Gasteiger partial charge >= 0.3 is 0 Å². The van der Waals surface area contributed by atoms with E-state index in [-0.39, 0.29) is 17.9 Å².